The lowest BCUT2D eigenvalue weighted by Crippen LogP contribution is -2.22. The number of likely N-dealkylation sites (N-methyl/N-ethyl adjacent to an activating group) is 1. The van der Waals surface area contributed by atoms with Crippen molar-refractivity contribution in [1.29, 1.82) is 0 Å². The Hall–Kier alpha value is -2.48. The quantitative estimate of drug-likeness (QED) is 0.688. The van der Waals surface area contributed by atoms with Crippen molar-refractivity contribution in [3.05, 3.63) is 63.3 Å². The number of anilines is 1. The van der Waals surface area contributed by atoms with E-state index in [1.165, 1.54) is 17.0 Å². The molecule has 2 aliphatic rings. The fourth-order valence-electron chi connectivity index (χ4n) is 3.81. The zero-order valence-corrected chi connectivity index (χ0v) is 18.4. The molecule has 0 unspecified atom stereocenters. The Bertz CT molecular complexity index is 1050. The molecule has 3 heterocycles. The van der Waals surface area contributed by atoms with E-state index in [2.05, 4.69) is 28.7 Å². The number of methoxy groups -OCH3 is 1. The van der Waals surface area contributed by atoms with E-state index in [0.29, 0.717) is 29.2 Å². The Morgan fingerprint density at radius 1 is 1.30 bits per heavy atom. The van der Waals surface area contributed by atoms with Crippen molar-refractivity contribution in [2.75, 3.05) is 32.6 Å². The smallest absolute Gasteiger partial charge is 0.260 e. The standard InChI is InChI=1S/C23H25FN2O3S/c1-23(2)18(14-9-16(30-13-14)12-26(3)7-8-28-4)11-20(29-23)21-17-6-5-15(24)10-19(17)25-22(21)27/h5-6,9-11,13H,7-8,12H2,1-4H3,(H,25,27)/b21-20+. The molecule has 158 valence electrons. The Kier molecular flexibility index (Phi) is 5.53. The molecule has 7 heteroatoms. The van der Waals surface area contributed by atoms with Gasteiger partial charge in [-0.1, -0.05) is 0 Å². The molecule has 2 aromatic rings. The fourth-order valence-corrected chi connectivity index (χ4v) is 4.77. The molecule has 1 aromatic heterocycles. The van der Waals surface area contributed by atoms with Gasteiger partial charge in [0.1, 0.15) is 17.2 Å². The maximum absolute atomic E-state index is 13.5. The Balaban J connectivity index is 1.65. The van der Waals surface area contributed by atoms with E-state index in [9.17, 15) is 9.18 Å². The molecular weight excluding hydrogens is 403 g/mol. The van der Waals surface area contributed by atoms with Crippen LogP contribution in [0, 0.1) is 5.82 Å². The lowest BCUT2D eigenvalue weighted by Gasteiger charge is -2.23. The molecule has 1 N–H and O–H groups in total. The minimum atomic E-state index is -0.578. The molecule has 0 fully saturated rings. The SMILES string of the molecule is COCCN(C)Cc1cc(C2=C/C(=C3\C(=O)Nc4cc(F)ccc43)OC2(C)C)cs1. The van der Waals surface area contributed by atoms with Gasteiger partial charge < -0.3 is 14.8 Å². The number of amides is 1. The Morgan fingerprint density at radius 3 is 2.87 bits per heavy atom. The third-order valence-corrected chi connectivity index (χ3v) is 6.25. The first-order chi connectivity index (χ1) is 14.3. The molecule has 5 nitrogen and oxygen atoms in total. The molecule has 0 radical (unpaired) electrons. The Morgan fingerprint density at radius 2 is 2.10 bits per heavy atom. The van der Waals surface area contributed by atoms with Crippen LogP contribution in [0.3, 0.4) is 0 Å². The van der Waals surface area contributed by atoms with Gasteiger partial charge in [-0.25, -0.2) is 4.39 Å². The highest BCUT2D eigenvalue weighted by atomic mass is 32.1. The number of rotatable bonds is 6. The number of thiophene rings is 1. The average Bonchev–Trinajstić information content (AvgIpc) is 3.34. The minimum Gasteiger partial charge on any atom is -0.482 e. The van der Waals surface area contributed by atoms with Gasteiger partial charge >= 0.3 is 0 Å². The van der Waals surface area contributed by atoms with Gasteiger partial charge in [0, 0.05) is 36.2 Å². The predicted molar refractivity (Wildman–Crippen MR) is 118 cm³/mol. The highest BCUT2D eigenvalue weighted by Crippen LogP contribution is 2.45. The van der Waals surface area contributed by atoms with Gasteiger partial charge in [0.25, 0.3) is 5.91 Å². The largest absolute Gasteiger partial charge is 0.482 e. The number of benzene rings is 1. The van der Waals surface area contributed by atoms with Crippen LogP contribution < -0.4 is 5.32 Å². The van der Waals surface area contributed by atoms with Crippen LogP contribution in [0.5, 0.6) is 0 Å². The van der Waals surface area contributed by atoms with Crippen LogP contribution in [0.2, 0.25) is 0 Å². The molecule has 2 aliphatic heterocycles. The first-order valence-electron chi connectivity index (χ1n) is 9.80. The highest BCUT2D eigenvalue weighted by molar-refractivity contribution is 7.10. The summed E-state index contributed by atoms with van der Waals surface area (Å²) in [4.78, 5) is 16.1. The summed E-state index contributed by atoms with van der Waals surface area (Å²) in [5, 5.41) is 4.86. The van der Waals surface area contributed by atoms with E-state index in [1.54, 1.807) is 24.5 Å². The highest BCUT2D eigenvalue weighted by Gasteiger charge is 2.38. The zero-order chi connectivity index (χ0) is 21.5. The van der Waals surface area contributed by atoms with Gasteiger partial charge in [-0.15, -0.1) is 11.3 Å². The van der Waals surface area contributed by atoms with Crippen LogP contribution in [0.15, 0.2) is 41.5 Å². The van der Waals surface area contributed by atoms with E-state index in [1.807, 2.05) is 19.9 Å². The third kappa shape index (κ3) is 3.93. The maximum atomic E-state index is 13.5. The summed E-state index contributed by atoms with van der Waals surface area (Å²) in [5.41, 5.74) is 3.12. The van der Waals surface area contributed by atoms with E-state index >= 15 is 0 Å². The molecular formula is C23H25FN2O3S. The molecule has 1 amide bonds. The van der Waals surface area contributed by atoms with Crippen molar-refractivity contribution in [1.82, 2.24) is 4.90 Å². The zero-order valence-electron chi connectivity index (χ0n) is 17.5. The molecule has 30 heavy (non-hydrogen) atoms. The predicted octanol–water partition coefficient (Wildman–Crippen LogP) is 4.52. The van der Waals surface area contributed by atoms with Crippen LogP contribution >= 0.6 is 11.3 Å². The lowest BCUT2D eigenvalue weighted by atomic mass is 9.94. The van der Waals surface area contributed by atoms with Crippen LogP contribution in [0.25, 0.3) is 11.1 Å². The molecule has 1 aromatic carbocycles. The van der Waals surface area contributed by atoms with E-state index < -0.39 is 5.60 Å². The summed E-state index contributed by atoms with van der Waals surface area (Å²) in [6.07, 6.45) is 1.94. The van der Waals surface area contributed by atoms with Crippen molar-refractivity contribution in [3.63, 3.8) is 0 Å². The second-order valence-corrected chi connectivity index (χ2v) is 9.08. The van der Waals surface area contributed by atoms with Crippen molar-refractivity contribution in [2.24, 2.45) is 0 Å². The van der Waals surface area contributed by atoms with Crippen LogP contribution in [-0.4, -0.2) is 43.7 Å². The molecule has 0 aliphatic carbocycles. The number of nitrogens with one attached hydrogen (secondary N) is 1. The minimum absolute atomic E-state index is 0.273. The van der Waals surface area contributed by atoms with Crippen LogP contribution in [0.1, 0.15) is 29.9 Å². The van der Waals surface area contributed by atoms with Gasteiger partial charge in [0.05, 0.1) is 17.9 Å². The topological polar surface area (TPSA) is 50.8 Å². The number of hydrogen-bond acceptors (Lipinski definition) is 5. The molecule has 4 rings (SSSR count). The van der Waals surface area contributed by atoms with E-state index in [0.717, 1.165) is 24.2 Å². The monoisotopic (exact) mass is 428 g/mol. The maximum Gasteiger partial charge on any atom is 0.260 e. The number of nitrogens with zero attached hydrogens (tertiary/aromatic N) is 1. The molecule has 0 spiro atoms. The first kappa shape index (κ1) is 20.8. The van der Waals surface area contributed by atoms with E-state index in [4.69, 9.17) is 9.47 Å². The second-order valence-electron chi connectivity index (χ2n) is 8.09. The fraction of sp³-hybridized carbons (Fsp3) is 0.348. The van der Waals surface area contributed by atoms with Crippen molar-refractivity contribution in [3.8, 4) is 0 Å². The molecule has 0 bridgehead atoms. The number of ether oxygens (including phenoxy) is 2. The van der Waals surface area contributed by atoms with Crippen LogP contribution in [-0.2, 0) is 20.8 Å². The number of hydrogen-bond donors (Lipinski definition) is 1. The summed E-state index contributed by atoms with van der Waals surface area (Å²) >= 11 is 1.71. The normalized spacial score (nSPS) is 19.7. The molecule has 0 saturated carbocycles. The summed E-state index contributed by atoms with van der Waals surface area (Å²) in [6.45, 7) is 6.40. The third-order valence-electron chi connectivity index (χ3n) is 5.33. The van der Waals surface area contributed by atoms with Crippen molar-refractivity contribution in [2.45, 2.75) is 26.0 Å². The van der Waals surface area contributed by atoms with Crippen molar-refractivity contribution < 1.29 is 18.7 Å². The lowest BCUT2D eigenvalue weighted by molar-refractivity contribution is -0.111. The van der Waals surface area contributed by atoms with Gasteiger partial charge in [0.2, 0.25) is 0 Å². The summed E-state index contributed by atoms with van der Waals surface area (Å²) in [5.74, 6) is -0.141. The average molecular weight is 429 g/mol. The number of halogens is 1. The number of fused-ring (bicyclic) bond motifs is 1. The van der Waals surface area contributed by atoms with Gasteiger partial charge in [-0.05, 0) is 62.2 Å². The van der Waals surface area contributed by atoms with E-state index in [-0.39, 0.29) is 11.7 Å². The summed E-state index contributed by atoms with van der Waals surface area (Å²) in [6, 6.07) is 6.48. The summed E-state index contributed by atoms with van der Waals surface area (Å²) in [7, 11) is 3.78. The number of allylic oxidation sites excluding steroid dienone is 1. The molecule has 0 atom stereocenters. The van der Waals surface area contributed by atoms with Crippen molar-refractivity contribution >= 4 is 34.1 Å². The van der Waals surface area contributed by atoms with Crippen LogP contribution in [0.4, 0.5) is 10.1 Å². The summed E-state index contributed by atoms with van der Waals surface area (Å²) < 4.78 is 24.9. The van der Waals surface area contributed by atoms with Gasteiger partial charge in [-0.2, -0.15) is 0 Å². The second kappa shape index (κ2) is 7.98. The Labute approximate surface area is 179 Å². The molecule has 0 saturated heterocycles. The first-order valence-corrected chi connectivity index (χ1v) is 10.7. The van der Waals surface area contributed by atoms with Gasteiger partial charge in [0.15, 0.2) is 0 Å². The number of carbonyl (C=O) groups is 1. The number of carbonyl (C=O) groups excluding carboxylic acids is 1. The van der Waals surface area contributed by atoms with Gasteiger partial charge in [-0.3, -0.25) is 9.69 Å².